The van der Waals surface area contributed by atoms with E-state index in [9.17, 15) is 4.79 Å². The van der Waals surface area contributed by atoms with Gasteiger partial charge in [-0.05, 0) is 31.9 Å². The van der Waals surface area contributed by atoms with Crippen molar-refractivity contribution in [2.24, 2.45) is 0 Å². The van der Waals surface area contributed by atoms with Crippen molar-refractivity contribution in [3.8, 4) is 0 Å². The Bertz CT molecular complexity index is 907. The van der Waals surface area contributed by atoms with Crippen LogP contribution >= 0.6 is 11.3 Å². The number of imidazole rings is 1. The van der Waals surface area contributed by atoms with E-state index in [-0.39, 0.29) is 12.1 Å². The fourth-order valence-electron chi connectivity index (χ4n) is 3.49. The summed E-state index contributed by atoms with van der Waals surface area (Å²) in [5, 5.41) is 5.10. The second-order valence-electron chi connectivity index (χ2n) is 6.92. The second-order valence-corrected chi connectivity index (χ2v) is 7.79. The highest BCUT2D eigenvalue weighted by Gasteiger charge is 2.22. The summed E-state index contributed by atoms with van der Waals surface area (Å²) in [5.74, 6) is 0. The first kappa shape index (κ1) is 17.8. The Morgan fingerprint density at radius 3 is 3.00 bits per heavy atom. The molecule has 0 aliphatic carbocycles. The van der Waals surface area contributed by atoms with Crippen LogP contribution in [-0.4, -0.2) is 51.5 Å². The summed E-state index contributed by atoms with van der Waals surface area (Å²) in [6, 6.07) is 1.91. The van der Waals surface area contributed by atoms with Crippen molar-refractivity contribution < 1.29 is 4.79 Å². The SMILES string of the molecule is Cc1cnccc1N1CCCN(C(=O)NC(C)c2cn3ccsc3n2)CC1. The lowest BCUT2D eigenvalue weighted by molar-refractivity contribution is 0.198. The summed E-state index contributed by atoms with van der Waals surface area (Å²) < 4.78 is 1.99. The second kappa shape index (κ2) is 7.56. The van der Waals surface area contributed by atoms with Gasteiger partial charge in [0.1, 0.15) is 0 Å². The fraction of sp³-hybridized carbons (Fsp3) is 0.421. The number of nitrogens with zero attached hydrogens (tertiary/aromatic N) is 5. The van der Waals surface area contributed by atoms with Crippen LogP contribution in [0, 0.1) is 6.92 Å². The molecule has 1 N–H and O–H groups in total. The lowest BCUT2D eigenvalue weighted by atomic mass is 10.2. The molecule has 1 unspecified atom stereocenters. The Morgan fingerprint density at radius 2 is 2.19 bits per heavy atom. The van der Waals surface area contributed by atoms with E-state index >= 15 is 0 Å². The van der Waals surface area contributed by atoms with Crippen LogP contribution in [0.4, 0.5) is 10.5 Å². The number of carbonyl (C=O) groups is 1. The zero-order valence-electron chi connectivity index (χ0n) is 15.6. The molecule has 1 aliphatic heterocycles. The van der Waals surface area contributed by atoms with Crippen LogP contribution < -0.4 is 10.2 Å². The number of thiazole rings is 1. The third-order valence-electron chi connectivity index (χ3n) is 5.01. The standard InChI is InChI=1S/C19H24N6OS/c1-14-12-20-5-4-17(14)23-6-3-7-24(9-8-23)18(26)21-15(2)16-13-25-10-11-27-19(25)22-16/h4-5,10-13,15H,3,6-9H2,1-2H3,(H,21,26). The molecule has 0 spiro atoms. The minimum absolute atomic E-state index is 0.0212. The third kappa shape index (κ3) is 3.75. The molecular formula is C19H24N6OS. The highest BCUT2D eigenvalue weighted by atomic mass is 32.1. The maximum Gasteiger partial charge on any atom is 0.317 e. The van der Waals surface area contributed by atoms with Gasteiger partial charge in [-0.25, -0.2) is 9.78 Å². The average molecular weight is 385 g/mol. The van der Waals surface area contributed by atoms with Crippen molar-refractivity contribution >= 4 is 28.0 Å². The Balaban J connectivity index is 1.37. The van der Waals surface area contributed by atoms with Crippen LogP contribution in [0.3, 0.4) is 0 Å². The van der Waals surface area contributed by atoms with Gasteiger partial charge in [0.05, 0.1) is 11.7 Å². The number of fused-ring (bicyclic) bond motifs is 1. The molecule has 2 amide bonds. The Kier molecular flexibility index (Phi) is 4.98. The number of rotatable bonds is 3. The molecule has 1 atom stereocenters. The molecule has 7 nitrogen and oxygen atoms in total. The van der Waals surface area contributed by atoms with Crippen molar-refractivity contribution in [1.82, 2.24) is 24.6 Å². The first-order chi connectivity index (χ1) is 13.1. The van der Waals surface area contributed by atoms with E-state index in [1.165, 1.54) is 11.3 Å². The summed E-state index contributed by atoms with van der Waals surface area (Å²) in [6.45, 7) is 7.30. The number of aromatic nitrogens is 3. The van der Waals surface area contributed by atoms with Gasteiger partial charge in [-0.1, -0.05) is 0 Å². The van der Waals surface area contributed by atoms with E-state index in [4.69, 9.17) is 0 Å². The van der Waals surface area contributed by atoms with E-state index < -0.39 is 0 Å². The van der Waals surface area contributed by atoms with Gasteiger partial charge in [0.2, 0.25) is 0 Å². The van der Waals surface area contributed by atoms with E-state index in [2.05, 4.69) is 33.2 Å². The number of hydrogen-bond acceptors (Lipinski definition) is 5. The molecular weight excluding hydrogens is 360 g/mol. The molecule has 142 valence electrons. The average Bonchev–Trinajstić information content (AvgIpc) is 3.17. The monoisotopic (exact) mass is 384 g/mol. The molecule has 3 aromatic rings. The lowest BCUT2D eigenvalue weighted by Gasteiger charge is -2.25. The molecule has 0 radical (unpaired) electrons. The fourth-order valence-corrected chi connectivity index (χ4v) is 4.19. The molecule has 0 aromatic carbocycles. The Labute approximate surface area is 162 Å². The Hall–Kier alpha value is -2.61. The largest absolute Gasteiger partial charge is 0.369 e. The van der Waals surface area contributed by atoms with Crippen molar-refractivity contribution in [2.45, 2.75) is 26.3 Å². The van der Waals surface area contributed by atoms with Crippen molar-refractivity contribution in [3.63, 3.8) is 0 Å². The van der Waals surface area contributed by atoms with E-state index in [0.717, 1.165) is 36.7 Å². The minimum Gasteiger partial charge on any atom is -0.369 e. The highest BCUT2D eigenvalue weighted by Crippen LogP contribution is 2.21. The van der Waals surface area contributed by atoms with Crippen LogP contribution in [0.2, 0.25) is 0 Å². The summed E-state index contributed by atoms with van der Waals surface area (Å²) in [4.78, 5) is 26.7. The van der Waals surface area contributed by atoms with E-state index in [1.54, 1.807) is 11.3 Å². The lowest BCUT2D eigenvalue weighted by Crippen LogP contribution is -2.43. The number of hydrogen-bond donors (Lipinski definition) is 1. The molecule has 0 bridgehead atoms. The summed E-state index contributed by atoms with van der Waals surface area (Å²) >= 11 is 1.59. The number of carbonyl (C=O) groups excluding carboxylic acids is 1. The number of aryl methyl sites for hydroxylation is 1. The zero-order valence-corrected chi connectivity index (χ0v) is 16.4. The first-order valence-corrected chi connectivity index (χ1v) is 10.1. The summed E-state index contributed by atoms with van der Waals surface area (Å²) in [6.07, 6.45) is 8.63. The normalized spacial score (nSPS) is 16.4. The molecule has 4 heterocycles. The summed E-state index contributed by atoms with van der Waals surface area (Å²) in [7, 11) is 0. The maximum atomic E-state index is 12.8. The quantitative estimate of drug-likeness (QED) is 0.754. The van der Waals surface area contributed by atoms with Gasteiger partial charge in [-0.15, -0.1) is 11.3 Å². The predicted octanol–water partition coefficient (Wildman–Crippen LogP) is 3.08. The van der Waals surface area contributed by atoms with Crippen molar-refractivity contribution in [3.05, 3.63) is 47.5 Å². The zero-order chi connectivity index (χ0) is 18.8. The number of anilines is 1. The van der Waals surface area contributed by atoms with Crippen LogP contribution in [0.5, 0.6) is 0 Å². The van der Waals surface area contributed by atoms with E-state index in [1.807, 2.05) is 46.4 Å². The highest BCUT2D eigenvalue weighted by molar-refractivity contribution is 7.15. The smallest absolute Gasteiger partial charge is 0.317 e. The van der Waals surface area contributed by atoms with Gasteiger partial charge < -0.3 is 15.1 Å². The van der Waals surface area contributed by atoms with Gasteiger partial charge in [-0.2, -0.15) is 0 Å². The molecule has 27 heavy (non-hydrogen) atoms. The Morgan fingerprint density at radius 1 is 1.30 bits per heavy atom. The summed E-state index contributed by atoms with van der Waals surface area (Å²) in [5.41, 5.74) is 3.27. The van der Waals surface area contributed by atoms with Crippen LogP contribution in [-0.2, 0) is 0 Å². The molecule has 1 fully saturated rings. The molecule has 3 aromatic heterocycles. The number of amides is 2. The molecule has 4 rings (SSSR count). The van der Waals surface area contributed by atoms with Crippen LogP contribution in [0.1, 0.15) is 30.6 Å². The topological polar surface area (TPSA) is 65.8 Å². The van der Waals surface area contributed by atoms with Crippen LogP contribution in [0.15, 0.2) is 36.2 Å². The maximum absolute atomic E-state index is 12.8. The molecule has 0 saturated carbocycles. The number of nitrogens with one attached hydrogen (secondary N) is 1. The van der Waals surface area contributed by atoms with Crippen molar-refractivity contribution in [2.75, 3.05) is 31.1 Å². The van der Waals surface area contributed by atoms with Gasteiger partial charge >= 0.3 is 6.03 Å². The third-order valence-corrected chi connectivity index (χ3v) is 5.78. The van der Waals surface area contributed by atoms with E-state index in [0.29, 0.717) is 6.54 Å². The van der Waals surface area contributed by atoms with Gasteiger partial charge in [0.15, 0.2) is 4.96 Å². The van der Waals surface area contributed by atoms with Gasteiger partial charge in [0.25, 0.3) is 0 Å². The van der Waals surface area contributed by atoms with Gasteiger partial charge in [0, 0.05) is 62.0 Å². The van der Waals surface area contributed by atoms with Gasteiger partial charge in [-0.3, -0.25) is 9.38 Å². The number of pyridine rings is 1. The van der Waals surface area contributed by atoms with Crippen LogP contribution in [0.25, 0.3) is 4.96 Å². The predicted molar refractivity (Wildman–Crippen MR) is 107 cm³/mol. The van der Waals surface area contributed by atoms with Crippen molar-refractivity contribution in [1.29, 1.82) is 0 Å². The molecule has 8 heteroatoms. The molecule has 1 aliphatic rings. The number of urea groups is 1. The minimum atomic E-state index is -0.119. The first-order valence-electron chi connectivity index (χ1n) is 9.25. The molecule has 1 saturated heterocycles.